The second kappa shape index (κ2) is 6.91. The molecule has 0 aliphatic heterocycles. The zero-order chi connectivity index (χ0) is 14.5. The third kappa shape index (κ3) is 3.84. The van der Waals surface area contributed by atoms with E-state index in [1.165, 1.54) is 0 Å². The lowest BCUT2D eigenvalue weighted by molar-refractivity contribution is -0.141. The van der Waals surface area contributed by atoms with E-state index >= 15 is 0 Å². The summed E-state index contributed by atoms with van der Waals surface area (Å²) in [5.74, 6) is -1.30. The summed E-state index contributed by atoms with van der Waals surface area (Å²) in [6.07, 6.45) is 0.901. The van der Waals surface area contributed by atoms with Crippen LogP contribution in [-0.4, -0.2) is 11.1 Å². The van der Waals surface area contributed by atoms with Gasteiger partial charge in [-0.25, -0.2) is 0 Å². The maximum absolute atomic E-state index is 11.5. The van der Waals surface area contributed by atoms with Gasteiger partial charge in [-0.1, -0.05) is 63.9 Å². The van der Waals surface area contributed by atoms with Gasteiger partial charge in [0.1, 0.15) is 0 Å². The highest BCUT2D eigenvalue weighted by molar-refractivity contribution is 9.10. The number of carboxylic acid groups (broad SMARTS) is 1. The fraction of sp³-hybridized carbons (Fsp3) is 0.188. The van der Waals surface area contributed by atoms with Crippen molar-refractivity contribution in [3.63, 3.8) is 0 Å². The van der Waals surface area contributed by atoms with E-state index in [9.17, 15) is 9.90 Å². The van der Waals surface area contributed by atoms with E-state index in [-0.39, 0.29) is 0 Å². The molecule has 1 unspecified atom stereocenters. The molecule has 0 saturated heterocycles. The third-order valence-electron chi connectivity index (χ3n) is 3.20. The summed E-state index contributed by atoms with van der Waals surface area (Å²) in [7, 11) is 0. The van der Waals surface area contributed by atoms with Gasteiger partial charge in [0, 0.05) is 9.50 Å². The third-order valence-corrected chi connectivity index (χ3v) is 4.34. The van der Waals surface area contributed by atoms with Crippen molar-refractivity contribution in [3.05, 3.63) is 69.2 Å². The molecule has 20 heavy (non-hydrogen) atoms. The summed E-state index contributed by atoms with van der Waals surface area (Å²) >= 11 is 9.56. The maximum atomic E-state index is 11.5. The minimum atomic E-state index is -0.805. The van der Waals surface area contributed by atoms with Gasteiger partial charge in [-0.05, 0) is 36.1 Å². The molecular weight excluding hydrogens is 340 g/mol. The Hall–Kier alpha value is -1.32. The highest BCUT2D eigenvalue weighted by Crippen LogP contribution is 2.24. The number of carbonyl (C=O) groups is 1. The van der Waals surface area contributed by atoms with Gasteiger partial charge in [0.05, 0.1) is 5.92 Å². The van der Waals surface area contributed by atoms with Crippen LogP contribution in [0.5, 0.6) is 0 Å². The molecule has 0 aliphatic rings. The van der Waals surface area contributed by atoms with E-state index in [2.05, 4.69) is 15.9 Å². The predicted molar refractivity (Wildman–Crippen MR) is 84.1 cm³/mol. The van der Waals surface area contributed by atoms with Gasteiger partial charge in [0.2, 0.25) is 0 Å². The molecule has 2 aromatic carbocycles. The summed E-state index contributed by atoms with van der Waals surface area (Å²) in [6, 6.07) is 15.1. The number of halogens is 2. The Balaban J connectivity index is 2.19. The zero-order valence-corrected chi connectivity index (χ0v) is 13.1. The number of hydrogen-bond donors (Lipinski definition) is 1. The molecule has 2 nitrogen and oxygen atoms in total. The Morgan fingerprint density at radius 3 is 2.20 bits per heavy atom. The van der Waals surface area contributed by atoms with E-state index in [4.69, 9.17) is 11.6 Å². The highest BCUT2D eigenvalue weighted by atomic mass is 79.9. The molecule has 0 aromatic heterocycles. The summed E-state index contributed by atoms with van der Waals surface area (Å²) in [5, 5.41) is 10.0. The van der Waals surface area contributed by atoms with Crippen LogP contribution in [0, 0.1) is 5.92 Å². The van der Waals surface area contributed by atoms with Crippen molar-refractivity contribution >= 4 is 33.5 Å². The van der Waals surface area contributed by atoms with Gasteiger partial charge < -0.3 is 5.11 Å². The van der Waals surface area contributed by atoms with Crippen molar-refractivity contribution in [1.29, 1.82) is 0 Å². The summed E-state index contributed by atoms with van der Waals surface area (Å²) in [5.41, 5.74) is 1.86. The van der Waals surface area contributed by atoms with Crippen molar-refractivity contribution in [1.82, 2.24) is 0 Å². The van der Waals surface area contributed by atoms with E-state index in [0.29, 0.717) is 17.9 Å². The van der Waals surface area contributed by atoms with Crippen LogP contribution in [-0.2, 0) is 17.6 Å². The number of benzene rings is 2. The number of carboxylic acids is 1. The first kappa shape index (κ1) is 15.1. The Bertz CT molecular complexity index is 565. The summed E-state index contributed by atoms with van der Waals surface area (Å²) in [6.45, 7) is 0. The standard InChI is InChI=1S/C16H14BrClO2/c17-14-7-3-1-5-11(14)9-13(16(19)20)10-12-6-2-4-8-15(12)18/h1-8,13H,9-10H2,(H,19,20). The van der Waals surface area contributed by atoms with Crippen LogP contribution in [0.4, 0.5) is 0 Å². The van der Waals surface area contributed by atoms with E-state index in [1.807, 2.05) is 42.5 Å². The zero-order valence-electron chi connectivity index (χ0n) is 10.7. The lowest BCUT2D eigenvalue weighted by Gasteiger charge is -2.14. The molecule has 0 amide bonds. The van der Waals surface area contributed by atoms with Gasteiger partial charge >= 0.3 is 5.97 Å². The molecule has 0 radical (unpaired) electrons. The molecule has 0 fully saturated rings. The molecule has 1 atom stereocenters. The maximum Gasteiger partial charge on any atom is 0.307 e. The topological polar surface area (TPSA) is 37.3 Å². The molecule has 0 spiro atoms. The monoisotopic (exact) mass is 352 g/mol. The second-order valence-electron chi connectivity index (χ2n) is 4.63. The van der Waals surface area contributed by atoms with Crippen LogP contribution in [0.3, 0.4) is 0 Å². The van der Waals surface area contributed by atoms with E-state index < -0.39 is 11.9 Å². The summed E-state index contributed by atoms with van der Waals surface area (Å²) in [4.78, 5) is 11.5. The number of hydrogen-bond acceptors (Lipinski definition) is 1. The first-order chi connectivity index (χ1) is 9.58. The van der Waals surface area contributed by atoms with Crippen LogP contribution in [0.15, 0.2) is 53.0 Å². The molecule has 0 bridgehead atoms. The van der Waals surface area contributed by atoms with Gasteiger partial charge in [0.25, 0.3) is 0 Å². The van der Waals surface area contributed by atoms with Crippen molar-refractivity contribution in [2.24, 2.45) is 5.92 Å². The Labute approximate surface area is 131 Å². The fourth-order valence-electron chi connectivity index (χ4n) is 2.11. The minimum absolute atomic E-state index is 0.427. The molecule has 0 saturated carbocycles. The van der Waals surface area contributed by atoms with Gasteiger partial charge in [-0.3, -0.25) is 4.79 Å². The van der Waals surface area contributed by atoms with Gasteiger partial charge in [-0.15, -0.1) is 0 Å². The van der Waals surface area contributed by atoms with Crippen LogP contribution in [0.1, 0.15) is 11.1 Å². The first-order valence-electron chi connectivity index (χ1n) is 6.27. The van der Waals surface area contributed by atoms with Crippen LogP contribution < -0.4 is 0 Å². The van der Waals surface area contributed by atoms with Gasteiger partial charge in [0.15, 0.2) is 0 Å². The molecule has 104 valence electrons. The largest absolute Gasteiger partial charge is 0.481 e. The Kier molecular flexibility index (Phi) is 5.21. The smallest absolute Gasteiger partial charge is 0.307 e. The lowest BCUT2D eigenvalue weighted by Crippen LogP contribution is -2.19. The Morgan fingerprint density at radius 1 is 1.05 bits per heavy atom. The van der Waals surface area contributed by atoms with Crippen molar-refractivity contribution in [2.75, 3.05) is 0 Å². The van der Waals surface area contributed by atoms with Crippen molar-refractivity contribution in [3.8, 4) is 0 Å². The quantitative estimate of drug-likeness (QED) is 0.853. The molecule has 0 heterocycles. The van der Waals surface area contributed by atoms with Crippen LogP contribution in [0.2, 0.25) is 5.02 Å². The minimum Gasteiger partial charge on any atom is -0.481 e. The number of aliphatic carboxylic acids is 1. The van der Waals surface area contributed by atoms with Crippen LogP contribution in [0.25, 0.3) is 0 Å². The molecule has 2 aromatic rings. The normalized spacial score (nSPS) is 12.1. The fourth-order valence-corrected chi connectivity index (χ4v) is 2.77. The van der Waals surface area contributed by atoms with Crippen molar-refractivity contribution < 1.29 is 9.90 Å². The highest BCUT2D eigenvalue weighted by Gasteiger charge is 2.20. The Morgan fingerprint density at radius 2 is 1.60 bits per heavy atom. The van der Waals surface area contributed by atoms with E-state index in [1.54, 1.807) is 6.07 Å². The molecule has 0 aliphatic carbocycles. The second-order valence-corrected chi connectivity index (χ2v) is 5.89. The van der Waals surface area contributed by atoms with Gasteiger partial charge in [-0.2, -0.15) is 0 Å². The lowest BCUT2D eigenvalue weighted by atomic mass is 9.92. The predicted octanol–water partition coefficient (Wildman–Crippen LogP) is 4.59. The van der Waals surface area contributed by atoms with E-state index in [0.717, 1.165) is 15.6 Å². The average Bonchev–Trinajstić information content (AvgIpc) is 2.42. The summed E-state index contributed by atoms with van der Waals surface area (Å²) < 4.78 is 0.936. The first-order valence-corrected chi connectivity index (χ1v) is 7.44. The average molecular weight is 354 g/mol. The molecule has 4 heteroatoms. The number of rotatable bonds is 5. The van der Waals surface area contributed by atoms with Crippen LogP contribution >= 0.6 is 27.5 Å². The molecular formula is C16H14BrClO2. The SMILES string of the molecule is O=C(O)C(Cc1ccccc1Cl)Cc1ccccc1Br. The molecule has 1 N–H and O–H groups in total. The van der Waals surface area contributed by atoms with Crippen molar-refractivity contribution in [2.45, 2.75) is 12.8 Å². The molecule has 2 rings (SSSR count).